The zero-order valence-electron chi connectivity index (χ0n) is 15.0. The molecule has 1 amide bonds. The van der Waals surface area contributed by atoms with Gasteiger partial charge in [-0.15, -0.1) is 11.3 Å². The molecule has 0 aliphatic carbocycles. The summed E-state index contributed by atoms with van der Waals surface area (Å²) in [4.78, 5) is 37.2. The maximum atomic E-state index is 12.3. The lowest BCUT2D eigenvalue weighted by atomic mass is 10.1. The van der Waals surface area contributed by atoms with E-state index in [-0.39, 0.29) is 51.4 Å². The quantitative estimate of drug-likeness (QED) is 0.395. The zero-order valence-corrected chi connectivity index (χ0v) is 17.4. The first-order chi connectivity index (χ1) is 13.9. The summed E-state index contributed by atoms with van der Waals surface area (Å²) in [5, 5.41) is 8.57. The van der Waals surface area contributed by atoms with Crippen molar-refractivity contribution < 1.29 is 23.6 Å². The number of aromatic nitrogens is 1. The number of amides is 1. The van der Waals surface area contributed by atoms with E-state index in [1.54, 1.807) is 35.7 Å². The molecule has 3 aromatic rings. The number of hydrogen-bond donors (Lipinski definition) is 1. The Bertz CT molecular complexity index is 1040. The number of carbonyl (C=O) groups is 3. The molecule has 0 atom stereocenters. The molecular weight excluding hydrogens is 439 g/mol. The number of ketones is 1. The highest BCUT2D eigenvalue weighted by Crippen LogP contribution is 2.38. The Balaban J connectivity index is 1.82. The van der Waals surface area contributed by atoms with Crippen molar-refractivity contribution in [3.63, 3.8) is 0 Å². The second kappa shape index (κ2) is 9.21. The summed E-state index contributed by atoms with van der Waals surface area (Å²) >= 11 is 13.7. The number of nitrogens with one attached hydrogen (secondary N) is 1. The number of halogens is 2. The first-order valence-corrected chi connectivity index (χ1v) is 9.94. The first-order valence-electron chi connectivity index (χ1n) is 8.31. The third-order valence-electron chi connectivity index (χ3n) is 3.91. The maximum Gasteiger partial charge on any atom is 0.345 e. The summed E-state index contributed by atoms with van der Waals surface area (Å²) in [6.07, 6.45) is -0.0858. The van der Waals surface area contributed by atoms with Gasteiger partial charge in [-0.25, -0.2) is 4.79 Å². The van der Waals surface area contributed by atoms with Crippen LogP contribution in [-0.2, 0) is 9.53 Å². The van der Waals surface area contributed by atoms with Crippen LogP contribution < -0.4 is 5.32 Å². The molecule has 0 radical (unpaired) electrons. The van der Waals surface area contributed by atoms with Gasteiger partial charge in [-0.05, 0) is 23.6 Å². The van der Waals surface area contributed by atoms with E-state index in [0.29, 0.717) is 4.88 Å². The highest BCUT2D eigenvalue weighted by atomic mass is 35.5. The number of thiophene rings is 1. The van der Waals surface area contributed by atoms with Gasteiger partial charge >= 0.3 is 5.97 Å². The Morgan fingerprint density at radius 2 is 1.86 bits per heavy atom. The predicted molar refractivity (Wildman–Crippen MR) is 110 cm³/mol. The van der Waals surface area contributed by atoms with Gasteiger partial charge in [0.15, 0.2) is 11.3 Å². The number of Topliss-reactive ketones (excluding diaryl/α,β-unsaturated/α-hetero) is 1. The van der Waals surface area contributed by atoms with Crippen molar-refractivity contribution in [3.05, 3.63) is 56.2 Å². The number of hydrogen-bond acceptors (Lipinski definition) is 7. The molecular formula is C19H14Cl2N2O5S. The number of ether oxygens (including phenoxy) is 1. The number of esters is 1. The fraction of sp³-hybridized carbons (Fsp3) is 0.158. The van der Waals surface area contributed by atoms with Crippen LogP contribution in [0, 0.1) is 0 Å². The molecule has 2 aromatic heterocycles. The number of nitrogens with zero attached hydrogens (tertiary/aromatic N) is 1. The van der Waals surface area contributed by atoms with Crippen LogP contribution in [0.4, 0.5) is 5.88 Å². The lowest BCUT2D eigenvalue weighted by molar-refractivity contribution is -0.116. The molecule has 150 valence electrons. The van der Waals surface area contributed by atoms with E-state index in [2.05, 4.69) is 10.5 Å². The number of rotatable bonds is 7. The fourth-order valence-corrected chi connectivity index (χ4v) is 3.81. The summed E-state index contributed by atoms with van der Waals surface area (Å²) in [5.41, 5.74) is 0.186. The minimum absolute atomic E-state index is 0.0112. The summed E-state index contributed by atoms with van der Waals surface area (Å²) in [6.45, 7) is 0. The Hall–Kier alpha value is -2.68. The molecule has 1 aromatic carbocycles. The van der Waals surface area contributed by atoms with Crippen molar-refractivity contribution in [2.45, 2.75) is 12.8 Å². The van der Waals surface area contributed by atoms with Crippen molar-refractivity contribution in [2.75, 3.05) is 12.4 Å². The van der Waals surface area contributed by atoms with Crippen LogP contribution in [0.25, 0.3) is 11.3 Å². The summed E-state index contributed by atoms with van der Waals surface area (Å²) < 4.78 is 9.93. The molecule has 0 aliphatic rings. The van der Waals surface area contributed by atoms with E-state index >= 15 is 0 Å². The molecule has 0 fully saturated rings. The van der Waals surface area contributed by atoms with Crippen LogP contribution >= 0.6 is 34.5 Å². The normalized spacial score (nSPS) is 10.6. The van der Waals surface area contributed by atoms with E-state index in [1.807, 2.05) is 0 Å². The van der Waals surface area contributed by atoms with Crippen LogP contribution in [0.1, 0.15) is 32.9 Å². The summed E-state index contributed by atoms with van der Waals surface area (Å²) in [7, 11) is 1.18. The SMILES string of the molecule is COC(=O)c1c(-c2c(Cl)cccc2Cl)noc1NC(=O)CCC(=O)c1cccs1. The van der Waals surface area contributed by atoms with Crippen LogP contribution in [0.15, 0.2) is 40.2 Å². The number of carbonyl (C=O) groups excluding carboxylic acids is 3. The van der Waals surface area contributed by atoms with E-state index in [4.69, 9.17) is 32.5 Å². The maximum absolute atomic E-state index is 12.3. The minimum atomic E-state index is -0.790. The molecule has 3 rings (SSSR count). The van der Waals surface area contributed by atoms with Gasteiger partial charge in [-0.1, -0.05) is 40.5 Å². The molecule has 0 saturated heterocycles. The highest BCUT2D eigenvalue weighted by molar-refractivity contribution is 7.12. The van der Waals surface area contributed by atoms with Gasteiger partial charge in [0.1, 0.15) is 5.69 Å². The predicted octanol–water partition coefficient (Wildman–Crippen LogP) is 5.10. The van der Waals surface area contributed by atoms with Crippen LogP contribution in [0.5, 0.6) is 0 Å². The first kappa shape index (κ1) is 21.0. The average molecular weight is 453 g/mol. The minimum Gasteiger partial charge on any atom is -0.465 e. The van der Waals surface area contributed by atoms with Crippen molar-refractivity contribution in [1.29, 1.82) is 0 Å². The van der Waals surface area contributed by atoms with Crippen LogP contribution in [-0.4, -0.2) is 29.9 Å². The lowest BCUT2D eigenvalue weighted by Gasteiger charge is -2.06. The molecule has 1 N–H and O–H groups in total. The van der Waals surface area contributed by atoms with Gasteiger partial charge in [0, 0.05) is 18.4 Å². The molecule has 10 heteroatoms. The van der Waals surface area contributed by atoms with E-state index in [9.17, 15) is 14.4 Å². The van der Waals surface area contributed by atoms with E-state index in [0.717, 1.165) is 0 Å². The Morgan fingerprint density at radius 1 is 1.14 bits per heavy atom. The molecule has 0 saturated carbocycles. The topological polar surface area (TPSA) is 98.5 Å². The van der Waals surface area contributed by atoms with Gasteiger partial charge in [0.25, 0.3) is 0 Å². The van der Waals surface area contributed by atoms with Gasteiger partial charge < -0.3 is 9.26 Å². The Labute approximate surface area is 179 Å². The molecule has 29 heavy (non-hydrogen) atoms. The molecule has 0 aliphatic heterocycles. The third kappa shape index (κ3) is 4.67. The molecule has 0 unspecified atom stereocenters. The summed E-state index contributed by atoms with van der Waals surface area (Å²) in [5.74, 6) is -1.67. The lowest BCUT2D eigenvalue weighted by Crippen LogP contribution is -2.15. The summed E-state index contributed by atoms with van der Waals surface area (Å²) in [6, 6.07) is 8.24. The number of benzene rings is 1. The number of methoxy groups -OCH3 is 1. The molecule has 0 spiro atoms. The second-order valence-electron chi connectivity index (χ2n) is 5.77. The van der Waals surface area contributed by atoms with Crippen LogP contribution in [0.2, 0.25) is 10.0 Å². The fourth-order valence-electron chi connectivity index (χ4n) is 2.54. The van der Waals surface area contributed by atoms with E-state index < -0.39 is 11.9 Å². The Morgan fingerprint density at radius 3 is 2.48 bits per heavy atom. The van der Waals surface area contributed by atoms with Crippen LogP contribution in [0.3, 0.4) is 0 Å². The van der Waals surface area contributed by atoms with Gasteiger partial charge in [0.2, 0.25) is 11.8 Å². The van der Waals surface area contributed by atoms with Gasteiger partial charge in [0.05, 0.1) is 22.0 Å². The average Bonchev–Trinajstić information content (AvgIpc) is 3.36. The second-order valence-corrected chi connectivity index (χ2v) is 7.53. The Kier molecular flexibility index (Phi) is 6.68. The molecule has 2 heterocycles. The standard InChI is InChI=1S/C19H14Cl2N2O5S/c1-27-19(26)16-17(15-10(20)4-2-5-11(15)21)23-28-18(16)22-14(25)8-7-12(24)13-6-3-9-29-13/h2-6,9H,7-8H2,1H3,(H,22,25). The van der Waals surface area contributed by atoms with Gasteiger partial charge in [-0.3, -0.25) is 14.9 Å². The monoisotopic (exact) mass is 452 g/mol. The largest absolute Gasteiger partial charge is 0.465 e. The van der Waals surface area contributed by atoms with Crippen molar-refractivity contribution >= 4 is 58.1 Å². The smallest absolute Gasteiger partial charge is 0.345 e. The number of anilines is 1. The zero-order chi connectivity index (χ0) is 21.0. The van der Waals surface area contributed by atoms with E-state index in [1.165, 1.54) is 18.4 Å². The third-order valence-corrected chi connectivity index (χ3v) is 5.45. The molecule has 7 nitrogen and oxygen atoms in total. The van der Waals surface area contributed by atoms with Gasteiger partial charge in [-0.2, -0.15) is 0 Å². The van der Waals surface area contributed by atoms with Crippen molar-refractivity contribution in [2.24, 2.45) is 0 Å². The van der Waals surface area contributed by atoms with Crippen molar-refractivity contribution in [1.82, 2.24) is 5.16 Å². The van der Waals surface area contributed by atoms with Crippen molar-refractivity contribution in [3.8, 4) is 11.3 Å². The highest BCUT2D eigenvalue weighted by Gasteiger charge is 2.28. The molecule has 0 bridgehead atoms.